The van der Waals surface area contributed by atoms with E-state index < -0.39 is 10.2 Å². The number of carbonyl (C=O) groups is 1. The summed E-state index contributed by atoms with van der Waals surface area (Å²) in [6.45, 7) is 5.71. The predicted molar refractivity (Wildman–Crippen MR) is 124 cm³/mol. The second kappa shape index (κ2) is 9.16. The van der Waals surface area contributed by atoms with Crippen LogP contribution in [0.2, 0.25) is 0 Å². The molecule has 0 saturated heterocycles. The lowest BCUT2D eigenvalue weighted by molar-refractivity contribution is -0.120. The Morgan fingerprint density at radius 3 is 1.45 bits per heavy atom. The fraction of sp³-hybridized carbons (Fsp3) is 0.222. The van der Waals surface area contributed by atoms with Crippen molar-refractivity contribution in [1.29, 1.82) is 0 Å². The van der Waals surface area contributed by atoms with Crippen molar-refractivity contribution in [3.05, 3.63) is 108 Å². The highest BCUT2D eigenvalue weighted by atomic mass is 32.2. The zero-order valence-corrected chi connectivity index (χ0v) is 18.0. The highest BCUT2D eigenvalue weighted by Gasteiger charge is 2.36. The van der Waals surface area contributed by atoms with Crippen LogP contribution < -0.4 is 0 Å². The molecule has 0 aliphatic heterocycles. The first-order valence-corrected chi connectivity index (χ1v) is 10.8. The summed E-state index contributed by atoms with van der Waals surface area (Å²) < 4.78 is -0.400. The van der Waals surface area contributed by atoms with Gasteiger partial charge in [0.1, 0.15) is 0 Å². The molecule has 0 atom stereocenters. The van der Waals surface area contributed by atoms with Crippen molar-refractivity contribution in [1.82, 2.24) is 0 Å². The minimum Gasteiger partial charge on any atom is -0.284 e. The molecule has 1 nitrogen and oxygen atoms in total. The second-order valence-corrected chi connectivity index (χ2v) is 9.14. The minimum absolute atomic E-state index is 0.0252. The van der Waals surface area contributed by atoms with E-state index in [1.165, 1.54) is 16.7 Å². The van der Waals surface area contributed by atoms with E-state index in [9.17, 15) is 4.79 Å². The maximum absolute atomic E-state index is 12.2. The van der Waals surface area contributed by atoms with Gasteiger partial charge in [0.15, 0.2) is 0 Å². The van der Waals surface area contributed by atoms with Gasteiger partial charge in [0, 0.05) is 5.41 Å². The number of ketones is 1. The van der Waals surface area contributed by atoms with Crippen LogP contribution in [0, 0.1) is 17.3 Å². The molecule has 0 amide bonds. The van der Waals surface area contributed by atoms with E-state index in [0.717, 1.165) is 0 Å². The van der Waals surface area contributed by atoms with Crippen LogP contribution in [0.5, 0.6) is 0 Å². The molecule has 0 spiro atoms. The van der Waals surface area contributed by atoms with Gasteiger partial charge in [0.25, 0.3) is 0 Å². The van der Waals surface area contributed by atoms with E-state index >= 15 is 0 Å². The van der Waals surface area contributed by atoms with Gasteiger partial charge >= 0.3 is 0 Å². The lowest BCUT2D eigenvalue weighted by Crippen LogP contribution is -2.26. The van der Waals surface area contributed by atoms with E-state index in [-0.39, 0.29) is 5.78 Å². The third kappa shape index (κ3) is 4.81. The Hall–Kier alpha value is -2.76. The lowest BCUT2D eigenvalue weighted by Gasteiger charge is -2.35. The van der Waals surface area contributed by atoms with E-state index in [1.807, 2.05) is 39.0 Å². The molecule has 0 saturated carbocycles. The van der Waals surface area contributed by atoms with Crippen LogP contribution in [0.1, 0.15) is 37.5 Å². The van der Waals surface area contributed by atoms with Gasteiger partial charge < -0.3 is 0 Å². The number of carbonyl (C=O) groups excluding carboxylic acids is 1. The van der Waals surface area contributed by atoms with Crippen LogP contribution in [0.15, 0.2) is 91.0 Å². The fourth-order valence-corrected chi connectivity index (χ4v) is 4.49. The molecule has 29 heavy (non-hydrogen) atoms. The van der Waals surface area contributed by atoms with Gasteiger partial charge in [-0.25, -0.2) is 0 Å². The lowest BCUT2D eigenvalue weighted by atomic mass is 9.84. The number of hydrogen-bond donors (Lipinski definition) is 0. The van der Waals surface area contributed by atoms with Crippen LogP contribution in [0.3, 0.4) is 0 Å². The molecule has 0 aliphatic carbocycles. The number of rotatable bonds is 5. The number of thioether (sulfide) groups is 1. The van der Waals surface area contributed by atoms with Crippen molar-refractivity contribution in [3.63, 3.8) is 0 Å². The summed E-state index contributed by atoms with van der Waals surface area (Å²) in [6, 6.07) is 31.6. The largest absolute Gasteiger partial charge is 0.284 e. The molecule has 0 N–H and O–H groups in total. The summed E-state index contributed by atoms with van der Waals surface area (Å²) in [7, 11) is 0. The van der Waals surface area contributed by atoms with Gasteiger partial charge in [-0.15, -0.1) is 11.8 Å². The molecular weight excluding hydrogens is 372 g/mol. The first kappa shape index (κ1) is 21.0. The maximum atomic E-state index is 12.2. The molecule has 3 aromatic carbocycles. The Morgan fingerprint density at radius 1 is 0.724 bits per heavy atom. The quantitative estimate of drug-likeness (QED) is 0.284. The molecule has 0 bridgehead atoms. The van der Waals surface area contributed by atoms with Gasteiger partial charge in [-0.3, -0.25) is 4.79 Å². The average molecular weight is 399 g/mol. The first-order chi connectivity index (χ1) is 13.9. The predicted octanol–water partition coefficient (Wildman–Crippen LogP) is 6.33. The van der Waals surface area contributed by atoms with E-state index in [0.29, 0.717) is 5.75 Å². The summed E-state index contributed by atoms with van der Waals surface area (Å²) in [5.41, 5.74) is 3.16. The standard InChI is InChI=1S/C27H26OS/c1-26(2,3)25(28)20-13-21-29-27(22-14-7-4-8-15-22,23-16-9-5-10-17-23)24-18-11-6-12-19-24/h4-12,14-19H,21H2,1-3H3. The SMILES string of the molecule is CC(C)(C)C(=O)C#CCSC(c1ccccc1)(c1ccccc1)c1ccccc1. The van der Waals surface area contributed by atoms with Crippen LogP contribution in [-0.2, 0) is 9.54 Å². The minimum atomic E-state index is -0.437. The van der Waals surface area contributed by atoms with Crippen molar-refractivity contribution in [2.45, 2.75) is 25.5 Å². The normalized spacial score (nSPS) is 11.4. The second-order valence-electron chi connectivity index (χ2n) is 7.95. The molecule has 0 heterocycles. The van der Waals surface area contributed by atoms with Crippen LogP contribution in [-0.4, -0.2) is 11.5 Å². The zero-order valence-electron chi connectivity index (χ0n) is 17.2. The van der Waals surface area contributed by atoms with E-state index in [4.69, 9.17) is 0 Å². The monoisotopic (exact) mass is 398 g/mol. The Balaban J connectivity index is 2.08. The molecule has 146 valence electrons. The number of hydrogen-bond acceptors (Lipinski definition) is 2. The summed E-state index contributed by atoms with van der Waals surface area (Å²) in [4.78, 5) is 12.2. The van der Waals surface area contributed by atoms with E-state index in [2.05, 4.69) is 84.6 Å². The van der Waals surface area contributed by atoms with Crippen molar-refractivity contribution >= 4 is 17.5 Å². The molecule has 0 unspecified atom stereocenters. The molecule has 0 fully saturated rings. The maximum Gasteiger partial charge on any atom is 0.210 e. The molecule has 3 aromatic rings. The van der Waals surface area contributed by atoms with Gasteiger partial charge in [0.05, 0.1) is 10.5 Å². The highest BCUT2D eigenvalue weighted by molar-refractivity contribution is 8.00. The molecule has 2 heteroatoms. The van der Waals surface area contributed by atoms with Crippen molar-refractivity contribution in [3.8, 4) is 11.8 Å². The zero-order chi connectivity index (χ0) is 20.7. The smallest absolute Gasteiger partial charge is 0.210 e. The first-order valence-electron chi connectivity index (χ1n) is 9.78. The third-order valence-corrected chi connectivity index (χ3v) is 6.21. The van der Waals surface area contributed by atoms with Crippen LogP contribution in [0.4, 0.5) is 0 Å². The fourth-order valence-electron chi connectivity index (χ4n) is 3.22. The molecule has 0 aliphatic rings. The van der Waals surface area contributed by atoms with Crippen LogP contribution in [0.25, 0.3) is 0 Å². The Morgan fingerprint density at radius 2 is 1.10 bits per heavy atom. The van der Waals surface area contributed by atoms with Crippen LogP contribution >= 0.6 is 11.8 Å². The van der Waals surface area contributed by atoms with E-state index in [1.54, 1.807) is 11.8 Å². The van der Waals surface area contributed by atoms with Gasteiger partial charge in [0.2, 0.25) is 5.78 Å². The number of benzene rings is 3. The highest BCUT2D eigenvalue weighted by Crippen LogP contribution is 2.48. The summed E-state index contributed by atoms with van der Waals surface area (Å²) in [5, 5.41) is 0. The average Bonchev–Trinajstić information content (AvgIpc) is 2.75. The molecule has 0 radical (unpaired) electrons. The summed E-state index contributed by atoms with van der Waals surface area (Å²) in [6.07, 6.45) is 0. The molecule has 0 aromatic heterocycles. The summed E-state index contributed by atoms with van der Waals surface area (Å²) >= 11 is 1.76. The topological polar surface area (TPSA) is 17.1 Å². The van der Waals surface area contributed by atoms with Crippen molar-refractivity contribution in [2.24, 2.45) is 5.41 Å². The Labute approximate surface area is 178 Å². The van der Waals surface area contributed by atoms with Gasteiger partial charge in [-0.2, -0.15) is 0 Å². The van der Waals surface area contributed by atoms with Crippen molar-refractivity contribution in [2.75, 3.05) is 5.75 Å². The van der Waals surface area contributed by atoms with Gasteiger partial charge in [-0.1, -0.05) is 118 Å². The third-order valence-electron chi connectivity index (χ3n) is 4.78. The molecular formula is C27H26OS. The van der Waals surface area contributed by atoms with Crippen molar-refractivity contribution < 1.29 is 4.79 Å². The molecule has 3 rings (SSSR count). The van der Waals surface area contributed by atoms with Gasteiger partial charge in [-0.05, 0) is 22.6 Å². The number of Topliss-reactive ketones (excluding diaryl/α,β-unsaturated/α-hetero) is 1. The summed E-state index contributed by atoms with van der Waals surface area (Å²) in [5.74, 6) is 6.49. The Kier molecular flexibility index (Phi) is 6.62. The Bertz CT molecular complexity index is 894.